The number of hydrogen-bond acceptors (Lipinski definition) is 4. The molecule has 1 heterocycles. The van der Waals surface area contributed by atoms with Crippen molar-refractivity contribution < 1.29 is 23.9 Å². The van der Waals surface area contributed by atoms with Crippen molar-refractivity contribution in [1.29, 1.82) is 0 Å². The van der Waals surface area contributed by atoms with Gasteiger partial charge in [-0.25, -0.2) is 4.39 Å². The summed E-state index contributed by atoms with van der Waals surface area (Å²) < 4.78 is 12.8. The summed E-state index contributed by atoms with van der Waals surface area (Å²) in [5.74, 6) is -2.12. The van der Waals surface area contributed by atoms with Crippen LogP contribution in [0.5, 0.6) is 0 Å². The molecule has 25 heavy (non-hydrogen) atoms. The Kier molecular flexibility index (Phi) is 6.81. The van der Waals surface area contributed by atoms with Crippen LogP contribution in [0.2, 0.25) is 0 Å². The molecule has 1 fully saturated rings. The first-order chi connectivity index (χ1) is 11.9. The van der Waals surface area contributed by atoms with Gasteiger partial charge in [-0.2, -0.15) is 0 Å². The molecular weight excluding hydrogens is 347 g/mol. The minimum Gasteiger partial charge on any atom is -0.481 e. The smallest absolute Gasteiger partial charge is 0.308 e. The van der Waals surface area contributed by atoms with E-state index in [0.29, 0.717) is 25.1 Å². The first-order valence-corrected chi connectivity index (χ1v) is 9.10. The quantitative estimate of drug-likeness (QED) is 0.804. The number of hydrogen-bond donors (Lipinski definition) is 2. The predicted molar refractivity (Wildman–Crippen MR) is 93.9 cm³/mol. The lowest BCUT2D eigenvalue weighted by Gasteiger charge is -2.32. The van der Waals surface area contributed by atoms with Crippen molar-refractivity contribution in [3.63, 3.8) is 0 Å². The van der Waals surface area contributed by atoms with Gasteiger partial charge in [-0.1, -0.05) is 0 Å². The van der Waals surface area contributed by atoms with Crippen molar-refractivity contribution in [3.05, 3.63) is 30.1 Å². The van der Waals surface area contributed by atoms with Crippen LogP contribution < -0.4 is 5.32 Å². The van der Waals surface area contributed by atoms with Gasteiger partial charge in [-0.3, -0.25) is 14.4 Å². The molecule has 1 aliphatic heterocycles. The fraction of sp³-hybridized carbons (Fsp3) is 0.471. The number of benzene rings is 1. The van der Waals surface area contributed by atoms with E-state index in [1.165, 1.54) is 36.0 Å². The summed E-state index contributed by atoms with van der Waals surface area (Å²) in [5, 5.41) is 11.3. The second kappa shape index (κ2) is 8.84. The minimum absolute atomic E-state index is 0.0838. The summed E-state index contributed by atoms with van der Waals surface area (Å²) >= 11 is 1.19. The van der Waals surface area contributed by atoms with E-state index in [-0.39, 0.29) is 29.9 Å². The Balaban J connectivity index is 1.79. The summed E-state index contributed by atoms with van der Waals surface area (Å²) in [6.45, 7) is 2.48. The van der Waals surface area contributed by atoms with Crippen LogP contribution in [0.3, 0.4) is 0 Å². The fourth-order valence-corrected chi connectivity index (χ4v) is 3.40. The monoisotopic (exact) mass is 368 g/mol. The van der Waals surface area contributed by atoms with Crippen molar-refractivity contribution >= 4 is 35.2 Å². The number of rotatable bonds is 6. The van der Waals surface area contributed by atoms with E-state index >= 15 is 0 Å². The van der Waals surface area contributed by atoms with Gasteiger partial charge in [0.2, 0.25) is 11.8 Å². The first-order valence-electron chi connectivity index (χ1n) is 8.05. The lowest BCUT2D eigenvalue weighted by atomic mass is 9.98. The highest BCUT2D eigenvalue weighted by Gasteiger charge is 2.30. The van der Waals surface area contributed by atoms with Crippen molar-refractivity contribution in [3.8, 4) is 0 Å². The van der Waals surface area contributed by atoms with E-state index in [0.717, 1.165) is 0 Å². The number of amides is 2. The zero-order valence-electron chi connectivity index (χ0n) is 13.9. The zero-order valence-corrected chi connectivity index (χ0v) is 14.7. The molecule has 2 amide bonds. The number of nitrogens with one attached hydrogen (secondary N) is 1. The second-order valence-electron chi connectivity index (χ2n) is 5.97. The Morgan fingerprint density at radius 2 is 2.04 bits per heavy atom. The maximum absolute atomic E-state index is 12.8. The average Bonchev–Trinajstić information content (AvgIpc) is 2.61. The molecule has 0 bridgehead atoms. The molecule has 1 aromatic carbocycles. The minimum atomic E-state index is -0.878. The van der Waals surface area contributed by atoms with Gasteiger partial charge >= 0.3 is 5.97 Å². The van der Waals surface area contributed by atoms with Gasteiger partial charge in [0.15, 0.2) is 0 Å². The molecule has 136 valence electrons. The number of carbonyl (C=O) groups excluding carboxylic acids is 2. The summed E-state index contributed by atoms with van der Waals surface area (Å²) in [4.78, 5) is 37.0. The van der Waals surface area contributed by atoms with Gasteiger partial charge in [-0.15, -0.1) is 11.8 Å². The van der Waals surface area contributed by atoms with Crippen molar-refractivity contribution in [2.24, 2.45) is 5.92 Å². The highest BCUT2D eigenvalue weighted by molar-refractivity contribution is 8.01. The van der Waals surface area contributed by atoms with Crippen LogP contribution in [-0.4, -0.2) is 51.9 Å². The number of aliphatic carboxylic acids is 1. The van der Waals surface area contributed by atoms with E-state index in [4.69, 9.17) is 5.11 Å². The number of thioether (sulfide) groups is 1. The van der Waals surface area contributed by atoms with Crippen molar-refractivity contribution in [1.82, 2.24) is 4.90 Å². The van der Waals surface area contributed by atoms with E-state index in [1.54, 1.807) is 11.8 Å². The molecular formula is C17H21FN2O4S. The number of carboxylic acids is 1. The highest BCUT2D eigenvalue weighted by Crippen LogP contribution is 2.21. The van der Waals surface area contributed by atoms with Crippen molar-refractivity contribution in [2.45, 2.75) is 25.0 Å². The van der Waals surface area contributed by atoms with Crippen LogP contribution >= 0.6 is 11.8 Å². The van der Waals surface area contributed by atoms with Gasteiger partial charge in [0.05, 0.1) is 16.9 Å². The topological polar surface area (TPSA) is 86.7 Å². The number of anilines is 1. The third-order valence-corrected chi connectivity index (χ3v) is 5.15. The summed E-state index contributed by atoms with van der Waals surface area (Å²) in [6.07, 6.45) is 1.26. The summed E-state index contributed by atoms with van der Waals surface area (Å²) in [5.41, 5.74) is 0.492. The molecule has 0 aromatic heterocycles. The van der Waals surface area contributed by atoms with Gasteiger partial charge in [0.25, 0.3) is 0 Å². The highest BCUT2D eigenvalue weighted by atomic mass is 32.2. The van der Waals surface area contributed by atoms with Gasteiger partial charge < -0.3 is 15.3 Å². The van der Waals surface area contributed by atoms with E-state index in [2.05, 4.69) is 5.32 Å². The Bertz CT molecular complexity index is 638. The second-order valence-corrected chi connectivity index (χ2v) is 7.30. The van der Waals surface area contributed by atoms with Gasteiger partial charge in [-0.05, 0) is 44.0 Å². The standard InChI is InChI=1S/C17H21FN2O4S/c1-11(16(22)20-8-2-3-12(9-20)17(23)24)25-10-15(21)19-14-6-4-13(18)5-7-14/h4-7,11-12H,2-3,8-10H2,1H3,(H,19,21)(H,23,24)/t11-,12-/m1/s1. The van der Waals surface area contributed by atoms with Crippen LogP contribution in [0.4, 0.5) is 10.1 Å². The average molecular weight is 368 g/mol. The molecule has 1 aromatic rings. The molecule has 2 N–H and O–H groups in total. The van der Waals surface area contributed by atoms with Crippen LogP contribution in [0.1, 0.15) is 19.8 Å². The maximum Gasteiger partial charge on any atom is 0.308 e. The molecule has 0 saturated carbocycles. The first kappa shape index (κ1) is 19.2. The number of likely N-dealkylation sites (tertiary alicyclic amines) is 1. The third kappa shape index (κ3) is 5.74. The SMILES string of the molecule is C[C@@H](SCC(=O)Nc1ccc(F)cc1)C(=O)N1CCC[C@@H](C(=O)O)C1. The van der Waals surface area contributed by atoms with Gasteiger partial charge in [0.1, 0.15) is 5.82 Å². The Morgan fingerprint density at radius 3 is 2.68 bits per heavy atom. The molecule has 0 aliphatic carbocycles. The Hall–Kier alpha value is -2.09. The maximum atomic E-state index is 12.8. The normalized spacial score (nSPS) is 18.5. The van der Waals surface area contributed by atoms with E-state index < -0.39 is 17.1 Å². The Morgan fingerprint density at radius 1 is 1.36 bits per heavy atom. The van der Waals surface area contributed by atoms with E-state index in [9.17, 15) is 18.8 Å². The number of piperidine rings is 1. The number of halogens is 1. The van der Waals surface area contributed by atoms with Gasteiger partial charge in [0, 0.05) is 18.8 Å². The molecule has 1 saturated heterocycles. The molecule has 1 aliphatic rings. The largest absolute Gasteiger partial charge is 0.481 e. The number of carboxylic acid groups (broad SMARTS) is 1. The Labute approximate surface area is 149 Å². The van der Waals surface area contributed by atoms with Crippen LogP contribution in [0, 0.1) is 11.7 Å². The molecule has 8 heteroatoms. The molecule has 2 atom stereocenters. The third-order valence-electron chi connectivity index (χ3n) is 4.02. The van der Waals surface area contributed by atoms with Crippen LogP contribution in [0.25, 0.3) is 0 Å². The van der Waals surface area contributed by atoms with Crippen LogP contribution in [0.15, 0.2) is 24.3 Å². The molecule has 0 radical (unpaired) electrons. The summed E-state index contributed by atoms with van der Waals surface area (Å²) in [6, 6.07) is 5.44. The number of nitrogens with zero attached hydrogens (tertiary/aromatic N) is 1. The predicted octanol–water partition coefficient (Wildman–Crippen LogP) is 2.21. The van der Waals surface area contributed by atoms with Crippen molar-refractivity contribution in [2.75, 3.05) is 24.2 Å². The lowest BCUT2D eigenvalue weighted by molar-refractivity contribution is -0.145. The fourth-order valence-electron chi connectivity index (χ4n) is 2.64. The molecule has 6 nitrogen and oxygen atoms in total. The van der Waals surface area contributed by atoms with E-state index in [1.807, 2.05) is 0 Å². The zero-order chi connectivity index (χ0) is 18.4. The molecule has 0 unspecified atom stereocenters. The molecule has 0 spiro atoms. The molecule has 2 rings (SSSR count). The van der Waals surface area contributed by atoms with Crippen LogP contribution in [-0.2, 0) is 14.4 Å². The number of carbonyl (C=O) groups is 3. The lowest BCUT2D eigenvalue weighted by Crippen LogP contribution is -2.45. The summed E-state index contributed by atoms with van der Waals surface area (Å²) in [7, 11) is 0.